The molecule has 2 aromatic heterocycles. The highest BCUT2D eigenvalue weighted by Gasteiger charge is 2.17. The van der Waals surface area contributed by atoms with Gasteiger partial charge in [0, 0.05) is 36.5 Å². The zero-order chi connectivity index (χ0) is 25.1. The van der Waals surface area contributed by atoms with Crippen molar-refractivity contribution in [3.05, 3.63) is 106 Å². The molecule has 0 aliphatic rings. The van der Waals surface area contributed by atoms with Crippen molar-refractivity contribution in [1.82, 2.24) is 19.9 Å². The molecule has 1 N–H and O–H groups in total. The van der Waals surface area contributed by atoms with Crippen LogP contribution in [0.2, 0.25) is 0 Å². The molecule has 36 heavy (non-hydrogen) atoms. The summed E-state index contributed by atoms with van der Waals surface area (Å²) >= 11 is 1.42. The first kappa shape index (κ1) is 23.6. The summed E-state index contributed by atoms with van der Waals surface area (Å²) in [4.78, 5) is 27.3. The van der Waals surface area contributed by atoms with E-state index in [4.69, 9.17) is 0 Å². The van der Waals surface area contributed by atoms with E-state index in [0.29, 0.717) is 17.8 Å². The van der Waals surface area contributed by atoms with Gasteiger partial charge >= 0.3 is 0 Å². The standard InChI is InChI=1S/C28H24FN5OS/c1-18-33-26(16-36-18)28(35)34(2)15-22-12-20(8-10-24(22)29)21-9-11-25-23(13-21)27(32-17-31-25)30-14-19-6-4-3-5-7-19/h3-13,16-17H,14-15H2,1-2H3,(H,30,31,32). The van der Waals surface area contributed by atoms with Crippen LogP contribution < -0.4 is 5.32 Å². The molecular formula is C28H24FN5OS. The van der Waals surface area contributed by atoms with Crippen molar-refractivity contribution in [2.24, 2.45) is 0 Å². The topological polar surface area (TPSA) is 71.0 Å². The van der Waals surface area contributed by atoms with Crippen molar-refractivity contribution < 1.29 is 9.18 Å². The van der Waals surface area contributed by atoms with Crippen LogP contribution in [-0.4, -0.2) is 32.8 Å². The van der Waals surface area contributed by atoms with Crippen molar-refractivity contribution in [1.29, 1.82) is 0 Å². The number of nitrogens with zero attached hydrogens (tertiary/aromatic N) is 4. The van der Waals surface area contributed by atoms with Gasteiger partial charge in [-0.3, -0.25) is 4.79 Å². The van der Waals surface area contributed by atoms with E-state index in [1.165, 1.54) is 22.3 Å². The van der Waals surface area contributed by atoms with Crippen molar-refractivity contribution in [2.45, 2.75) is 20.0 Å². The normalized spacial score (nSPS) is 11.0. The number of hydrogen-bond donors (Lipinski definition) is 1. The molecule has 5 rings (SSSR count). The largest absolute Gasteiger partial charge is 0.365 e. The lowest BCUT2D eigenvalue weighted by Gasteiger charge is -2.17. The maximum Gasteiger partial charge on any atom is 0.273 e. The number of aryl methyl sites for hydroxylation is 1. The van der Waals surface area contributed by atoms with Crippen LogP contribution in [0.15, 0.2) is 78.4 Å². The molecule has 180 valence electrons. The molecule has 6 nitrogen and oxygen atoms in total. The first-order valence-electron chi connectivity index (χ1n) is 11.5. The SMILES string of the molecule is Cc1nc(C(=O)N(C)Cc2cc(-c3ccc4ncnc(NCc5ccccc5)c4c3)ccc2F)cs1. The predicted octanol–water partition coefficient (Wildman–Crippen LogP) is 6.09. The minimum absolute atomic E-state index is 0.135. The molecule has 0 bridgehead atoms. The molecule has 2 heterocycles. The first-order chi connectivity index (χ1) is 17.5. The fourth-order valence-corrected chi connectivity index (χ4v) is 4.61. The summed E-state index contributed by atoms with van der Waals surface area (Å²) in [6, 6.07) is 21.0. The van der Waals surface area contributed by atoms with E-state index in [1.807, 2.05) is 43.3 Å². The van der Waals surface area contributed by atoms with Crippen LogP contribution in [0.1, 0.15) is 26.6 Å². The van der Waals surface area contributed by atoms with Crippen molar-refractivity contribution in [3.8, 4) is 11.1 Å². The molecule has 8 heteroatoms. The average Bonchev–Trinajstić information content (AvgIpc) is 3.34. The summed E-state index contributed by atoms with van der Waals surface area (Å²) in [6.07, 6.45) is 1.54. The molecular weight excluding hydrogens is 473 g/mol. The molecule has 0 spiro atoms. The van der Waals surface area contributed by atoms with Gasteiger partial charge in [-0.2, -0.15) is 0 Å². The van der Waals surface area contributed by atoms with Gasteiger partial charge in [0.2, 0.25) is 0 Å². The molecule has 0 saturated heterocycles. The van der Waals surface area contributed by atoms with Gasteiger partial charge in [-0.25, -0.2) is 19.3 Å². The fourth-order valence-electron chi connectivity index (χ4n) is 4.02. The van der Waals surface area contributed by atoms with Crippen molar-refractivity contribution >= 4 is 34.0 Å². The molecule has 1 amide bonds. The lowest BCUT2D eigenvalue weighted by molar-refractivity contribution is 0.0778. The Balaban J connectivity index is 1.41. The van der Waals surface area contributed by atoms with Crippen LogP contribution in [0.3, 0.4) is 0 Å². The summed E-state index contributed by atoms with van der Waals surface area (Å²) in [7, 11) is 1.65. The fraction of sp³-hybridized carbons (Fsp3) is 0.143. The Morgan fingerprint density at radius 3 is 2.58 bits per heavy atom. The second-order valence-corrected chi connectivity index (χ2v) is 9.57. The number of fused-ring (bicyclic) bond motifs is 1. The maximum absolute atomic E-state index is 14.7. The number of nitrogens with one attached hydrogen (secondary N) is 1. The highest BCUT2D eigenvalue weighted by atomic mass is 32.1. The Bertz CT molecular complexity index is 1540. The number of amides is 1. The summed E-state index contributed by atoms with van der Waals surface area (Å²) < 4.78 is 14.7. The Hall–Kier alpha value is -4.17. The number of carbonyl (C=O) groups is 1. The van der Waals surface area contributed by atoms with Crippen LogP contribution in [-0.2, 0) is 13.1 Å². The van der Waals surface area contributed by atoms with Crippen LogP contribution in [0.25, 0.3) is 22.0 Å². The van der Waals surface area contributed by atoms with Crippen LogP contribution in [0.5, 0.6) is 0 Å². The summed E-state index contributed by atoms with van der Waals surface area (Å²) in [5.74, 6) is 0.139. The van der Waals surface area contributed by atoms with Gasteiger partial charge in [0.1, 0.15) is 23.7 Å². The molecule has 3 aromatic carbocycles. The zero-order valence-corrected chi connectivity index (χ0v) is 20.7. The van der Waals surface area contributed by atoms with Gasteiger partial charge in [-0.05, 0) is 47.9 Å². The van der Waals surface area contributed by atoms with E-state index < -0.39 is 0 Å². The van der Waals surface area contributed by atoms with Gasteiger partial charge < -0.3 is 10.2 Å². The Kier molecular flexibility index (Phi) is 6.69. The third-order valence-corrected chi connectivity index (χ3v) is 6.68. The van der Waals surface area contributed by atoms with E-state index in [9.17, 15) is 9.18 Å². The number of benzene rings is 3. The van der Waals surface area contributed by atoms with E-state index in [1.54, 1.807) is 30.9 Å². The third-order valence-electron chi connectivity index (χ3n) is 5.91. The smallest absolute Gasteiger partial charge is 0.273 e. The van der Waals surface area contributed by atoms with Crippen LogP contribution in [0.4, 0.5) is 10.2 Å². The number of anilines is 1. The van der Waals surface area contributed by atoms with Crippen molar-refractivity contribution in [2.75, 3.05) is 12.4 Å². The lowest BCUT2D eigenvalue weighted by Crippen LogP contribution is -2.27. The third kappa shape index (κ3) is 5.08. The van der Waals surface area contributed by atoms with E-state index in [-0.39, 0.29) is 18.3 Å². The highest BCUT2D eigenvalue weighted by Crippen LogP contribution is 2.29. The number of halogens is 1. The Labute approximate surface area is 212 Å². The van der Waals surface area contributed by atoms with Crippen LogP contribution in [0, 0.1) is 12.7 Å². The van der Waals surface area contributed by atoms with Crippen LogP contribution >= 0.6 is 11.3 Å². The highest BCUT2D eigenvalue weighted by molar-refractivity contribution is 7.09. The number of aromatic nitrogens is 3. The quantitative estimate of drug-likeness (QED) is 0.295. The molecule has 0 atom stereocenters. The average molecular weight is 498 g/mol. The minimum Gasteiger partial charge on any atom is -0.365 e. The molecule has 0 saturated carbocycles. The Morgan fingerprint density at radius 2 is 1.81 bits per heavy atom. The van der Waals surface area contributed by atoms with Gasteiger partial charge in [0.15, 0.2) is 0 Å². The second kappa shape index (κ2) is 10.2. The Morgan fingerprint density at radius 1 is 1.03 bits per heavy atom. The number of carbonyl (C=O) groups excluding carboxylic acids is 1. The molecule has 0 unspecified atom stereocenters. The molecule has 5 aromatic rings. The first-order valence-corrected chi connectivity index (χ1v) is 12.3. The lowest BCUT2D eigenvalue weighted by atomic mass is 10.0. The zero-order valence-electron chi connectivity index (χ0n) is 19.9. The number of rotatable bonds is 7. The van der Waals surface area contributed by atoms with Gasteiger partial charge in [-0.15, -0.1) is 11.3 Å². The van der Waals surface area contributed by atoms with E-state index in [2.05, 4.69) is 32.4 Å². The summed E-state index contributed by atoms with van der Waals surface area (Å²) in [5, 5.41) is 6.82. The second-order valence-electron chi connectivity index (χ2n) is 8.51. The summed E-state index contributed by atoms with van der Waals surface area (Å²) in [6.45, 7) is 2.62. The van der Waals surface area contributed by atoms with Gasteiger partial charge in [-0.1, -0.05) is 42.5 Å². The van der Waals surface area contributed by atoms with E-state index >= 15 is 0 Å². The van der Waals surface area contributed by atoms with Gasteiger partial charge in [0.25, 0.3) is 5.91 Å². The minimum atomic E-state index is -0.359. The van der Waals surface area contributed by atoms with Crippen molar-refractivity contribution in [3.63, 3.8) is 0 Å². The van der Waals surface area contributed by atoms with E-state index in [0.717, 1.165) is 38.4 Å². The number of hydrogen-bond acceptors (Lipinski definition) is 6. The predicted molar refractivity (Wildman–Crippen MR) is 141 cm³/mol. The van der Waals surface area contributed by atoms with Gasteiger partial charge in [0.05, 0.1) is 10.5 Å². The monoisotopic (exact) mass is 497 g/mol. The number of thiazole rings is 1. The summed E-state index contributed by atoms with van der Waals surface area (Å²) in [5.41, 5.74) is 4.52. The molecule has 0 radical (unpaired) electrons. The molecule has 0 aliphatic heterocycles. The molecule has 0 fully saturated rings. The maximum atomic E-state index is 14.7. The molecule has 0 aliphatic carbocycles.